The van der Waals surface area contributed by atoms with E-state index in [0.717, 1.165) is 0 Å². The molecule has 1 unspecified atom stereocenters. The number of carbonyl (C=O) groups excluding carboxylic acids is 2. The minimum absolute atomic E-state index is 0.303. The van der Waals surface area contributed by atoms with Gasteiger partial charge in [0.25, 0.3) is 0 Å². The maximum Gasteiger partial charge on any atom is 0.422 e. The molecular formula is C10H20N2O4. The van der Waals surface area contributed by atoms with Crippen LogP contribution in [0.3, 0.4) is 0 Å². The van der Waals surface area contributed by atoms with Crippen molar-refractivity contribution in [2.24, 2.45) is 0 Å². The van der Waals surface area contributed by atoms with Gasteiger partial charge in [-0.25, -0.2) is 10.2 Å². The van der Waals surface area contributed by atoms with E-state index in [4.69, 9.17) is 9.47 Å². The van der Waals surface area contributed by atoms with Crippen molar-refractivity contribution >= 4 is 12.1 Å². The minimum atomic E-state index is -0.636. The molecule has 0 aliphatic heterocycles. The number of hydrogen-bond acceptors (Lipinski definition) is 5. The standard InChI is InChI=1S/C10H20N2O4/c1-6-15-8(13)7(2)11-12-9(14)16-10(3,4)5/h7,11H,6H2,1-5H3,(H,12,14). The molecule has 0 saturated heterocycles. The van der Waals surface area contributed by atoms with E-state index in [2.05, 4.69) is 10.9 Å². The van der Waals surface area contributed by atoms with E-state index in [0.29, 0.717) is 6.61 Å². The van der Waals surface area contributed by atoms with Crippen LogP contribution in [0.1, 0.15) is 34.6 Å². The lowest BCUT2D eigenvalue weighted by Gasteiger charge is -2.20. The molecule has 0 aromatic heterocycles. The van der Waals surface area contributed by atoms with Gasteiger partial charge < -0.3 is 9.47 Å². The molecule has 0 aromatic carbocycles. The highest BCUT2D eigenvalue weighted by Gasteiger charge is 2.18. The molecule has 0 fully saturated rings. The molecule has 1 amide bonds. The maximum absolute atomic E-state index is 11.2. The zero-order valence-electron chi connectivity index (χ0n) is 10.4. The van der Waals surface area contributed by atoms with Gasteiger partial charge in [-0.3, -0.25) is 10.2 Å². The second-order valence-corrected chi connectivity index (χ2v) is 4.24. The number of amides is 1. The van der Waals surface area contributed by atoms with Crippen molar-refractivity contribution < 1.29 is 19.1 Å². The summed E-state index contributed by atoms with van der Waals surface area (Å²) in [6.07, 6.45) is -0.636. The third-order valence-electron chi connectivity index (χ3n) is 1.43. The molecule has 16 heavy (non-hydrogen) atoms. The summed E-state index contributed by atoms with van der Waals surface area (Å²) in [6, 6.07) is -0.618. The molecule has 0 bridgehead atoms. The van der Waals surface area contributed by atoms with E-state index in [1.807, 2.05) is 0 Å². The first-order chi connectivity index (χ1) is 7.26. The highest BCUT2D eigenvalue weighted by molar-refractivity contribution is 5.76. The van der Waals surface area contributed by atoms with Crippen molar-refractivity contribution in [3.8, 4) is 0 Å². The SMILES string of the molecule is CCOC(=O)C(C)NNC(=O)OC(C)(C)C. The fourth-order valence-electron chi connectivity index (χ4n) is 0.797. The van der Waals surface area contributed by atoms with Crippen molar-refractivity contribution in [3.63, 3.8) is 0 Å². The van der Waals surface area contributed by atoms with Crippen molar-refractivity contribution in [2.45, 2.75) is 46.3 Å². The van der Waals surface area contributed by atoms with Gasteiger partial charge in [-0.1, -0.05) is 0 Å². The zero-order chi connectivity index (χ0) is 12.8. The van der Waals surface area contributed by atoms with E-state index in [-0.39, 0.29) is 0 Å². The predicted octanol–water partition coefficient (Wildman–Crippen LogP) is 0.967. The van der Waals surface area contributed by atoms with E-state index >= 15 is 0 Å². The summed E-state index contributed by atoms with van der Waals surface area (Å²) in [5.74, 6) is -0.432. The lowest BCUT2D eigenvalue weighted by molar-refractivity contribution is -0.145. The quantitative estimate of drug-likeness (QED) is 0.558. The van der Waals surface area contributed by atoms with Crippen LogP contribution in [0.5, 0.6) is 0 Å². The molecule has 0 aromatic rings. The van der Waals surface area contributed by atoms with Crippen LogP contribution in [0.2, 0.25) is 0 Å². The van der Waals surface area contributed by atoms with Gasteiger partial charge in [0.05, 0.1) is 6.61 Å². The van der Waals surface area contributed by atoms with Crippen LogP contribution in [0.25, 0.3) is 0 Å². The van der Waals surface area contributed by atoms with Crippen molar-refractivity contribution in [3.05, 3.63) is 0 Å². The van der Waals surface area contributed by atoms with Crippen LogP contribution < -0.4 is 10.9 Å². The summed E-state index contributed by atoms with van der Waals surface area (Å²) < 4.78 is 9.71. The van der Waals surface area contributed by atoms with E-state index in [9.17, 15) is 9.59 Å². The Hall–Kier alpha value is -1.30. The van der Waals surface area contributed by atoms with Gasteiger partial charge in [-0.05, 0) is 34.6 Å². The number of esters is 1. The van der Waals surface area contributed by atoms with Gasteiger partial charge in [0.15, 0.2) is 0 Å². The van der Waals surface area contributed by atoms with Gasteiger partial charge in [0.1, 0.15) is 11.6 Å². The Kier molecular flexibility index (Phi) is 5.81. The average Bonchev–Trinajstić information content (AvgIpc) is 2.11. The summed E-state index contributed by atoms with van der Waals surface area (Å²) in [5.41, 5.74) is 4.19. The lowest BCUT2D eigenvalue weighted by Crippen LogP contribution is -2.48. The van der Waals surface area contributed by atoms with Crippen molar-refractivity contribution in [2.75, 3.05) is 6.61 Å². The molecule has 0 rings (SSSR count). The van der Waals surface area contributed by atoms with Gasteiger partial charge >= 0.3 is 12.1 Å². The summed E-state index contributed by atoms with van der Waals surface area (Å²) >= 11 is 0. The fraction of sp³-hybridized carbons (Fsp3) is 0.800. The number of nitrogens with one attached hydrogen (secondary N) is 2. The predicted molar refractivity (Wildman–Crippen MR) is 58.6 cm³/mol. The monoisotopic (exact) mass is 232 g/mol. The first-order valence-electron chi connectivity index (χ1n) is 5.17. The van der Waals surface area contributed by atoms with Crippen LogP contribution in [0.4, 0.5) is 4.79 Å². The van der Waals surface area contributed by atoms with Crippen LogP contribution in [0.15, 0.2) is 0 Å². The molecule has 2 N–H and O–H groups in total. The smallest absolute Gasteiger partial charge is 0.422 e. The third kappa shape index (κ3) is 7.05. The van der Waals surface area contributed by atoms with Gasteiger partial charge in [-0.2, -0.15) is 0 Å². The van der Waals surface area contributed by atoms with E-state index in [1.54, 1.807) is 34.6 Å². The first-order valence-corrected chi connectivity index (χ1v) is 5.17. The molecule has 0 heterocycles. The number of carbonyl (C=O) groups is 2. The highest BCUT2D eigenvalue weighted by Crippen LogP contribution is 2.05. The largest absolute Gasteiger partial charge is 0.465 e. The molecule has 0 aliphatic rings. The number of ether oxygens (including phenoxy) is 2. The third-order valence-corrected chi connectivity index (χ3v) is 1.43. The lowest BCUT2D eigenvalue weighted by atomic mass is 10.2. The summed E-state index contributed by atoms with van der Waals surface area (Å²) in [7, 11) is 0. The topological polar surface area (TPSA) is 76.7 Å². The highest BCUT2D eigenvalue weighted by atomic mass is 16.6. The Morgan fingerprint density at radius 2 is 1.88 bits per heavy atom. The first kappa shape index (κ1) is 14.7. The average molecular weight is 232 g/mol. The Morgan fingerprint density at radius 3 is 2.31 bits per heavy atom. The number of hydrogen-bond donors (Lipinski definition) is 2. The molecule has 94 valence electrons. The molecule has 6 nitrogen and oxygen atoms in total. The molecule has 0 aliphatic carbocycles. The Bertz CT molecular complexity index is 248. The Labute approximate surface area is 95.6 Å². The molecule has 0 radical (unpaired) electrons. The van der Waals surface area contributed by atoms with Crippen LogP contribution >= 0.6 is 0 Å². The van der Waals surface area contributed by atoms with E-state index < -0.39 is 23.7 Å². The van der Waals surface area contributed by atoms with Crippen molar-refractivity contribution in [1.82, 2.24) is 10.9 Å². The summed E-state index contributed by atoms with van der Waals surface area (Å²) in [5, 5.41) is 0. The fourth-order valence-corrected chi connectivity index (χ4v) is 0.797. The number of rotatable bonds is 4. The van der Waals surface area contributed by atoms with Crippen LogP contribution in [-0.4, -0.2) is 30.3 Å². The Balaban J connectivity index is 3.88. The molecule has 6 heteroatoms. The minimum Gasteiger partial charge on any atom is -0.465 e. The van der Waals surface area contributed by atoms with Crippen LogP contribution in [-0.2, 0) is 14.3 Å². The molecule has 1 atom stereocenters. The normalized spacial score (nSPS) is 12.8. The summed E-state index contributed by atoms with van der Waals surface area (Å²) in [4.78, 5) is 22.4. The molecular weight excluding hydrogens is 212 g/mol. The summed E-state index contributed by atoms with van der Waals surface area (Å²) in [6.45, 7) is 8.85. The Morgan fingerprint density at radius 1 is 1.31 bits per heavy atom. The van der Waals surface area contributed by atoms with Gasteiger partial charge in [-0.15, -0.1) is 0 Å². The van der Waals surface area contributed by atoms with E-state index in [1.165, 1.54) is 0 Å². The molecule has 0 spiro atoms. The number of hydrazine groups is 1. The zero-order valence-corrected chi connectivity index (χ0v) is 10.4. The van der Waals surface area contributed by atoms with Crippen molar-refractivity contribution in [1.29, 1.82) is 0 Å². The molecule has 0 saturated carbocycles. The maximum atomic E-state index is 11.2. The van der Waals surface area contributed by atoms with Gasteiger partial charge in [0, 0.05) is 0 Å². The van der Waals surface area contributed by atoms with Gasteiger partial charge in [0.2, 0.25) is 0 Å². The van der Waals surface area contributed by atoms with Crippen LogP contribution in [0, 0.1) is 0 Å². The second kappa shape index (κ2) is 6.32. The second-order valence-electron chi connectivity index (χ2n) is 4.24.